The molecule has 2 heterocycles. The molecule has 0 aliphatic carbocycles. The molecule has 0 radical (unpaired) electrons. The van der Waals surface area contributed by atoms with Gasteiger partial charge in [-0.1, -0.05) is 13.8 Å². The van der Waals surface area contributed by atoms with E-state index in [9.17, 15) is 9.59 Å². The van der Waals surface area contributed by atoms with Crippen LogP contribution in [0.3, 0.4) is 0 Å². The Balaban J connectivity index is 1.92. The fraction of sp³-hybridized carbons (Fsp3) is 0.550. The first-order chi connectivity index (χ1) is 13.1. The first-order valence-corrected chi connectivity index (χ1v) is 9.80. The third-order valence-corrected chi connectivity index (χ3v) is 5.03. The first kappa shape index (κ1) is 19.4. The summed E-state index contributed by atoms with van der Waals surface area (Å²) in [5.74, 6) is 1.32. The SMILES string of the molecule is CCOc1ccc2c(=O)n3c(nc2c1)CCC(=O)N3CCCN(CC)CC. The van der Waals surface area contributed by atoms with E-state index in [1.807, 2.05) is 6.92 Å². The number of benzene rings is 1. The Kier molecular flexibility index (Phi) is 6.11. The first-order valence-electron chi connectivity index (χ1n) is 9.80. The summed E-state index contributed by atoms with van der Waals surface area (Å²) in [5.41, 5.74) is 0.434. The summed E-state index contributed by atoms with van der Waals surface area (Å²) in [6.07, 6.45) is 1.68. The number of nitrogens with zero attached hydrogens (tertiary/aromatic N) is 4. The van der Waals surface area contributed by atoms with Crippen LogP contribution in [0.2, 0.25) is 0 Å². The standard InChI is InChI=1S/C20H28N4O3/c1-4-22(5-2)12-7-13-23-19(25)11-10-18-21-17-14-15(27-6-3)8-9-16(17)20(26)24(18)23/h8-9,14H,4-7,10-13H2,1-3H3. The molecule has 7 heteroatoms. The number of aryl methyl sites for hydroxylation is 1. The molecule has 0 saturated heterocycles. The summed E-state index contributed by atoms with van der Waals surface area (Å²) in [6.45, 7) is 10.1. The second-order valence-electron chi connectivity index (χ2n) is 6.65. The lowest BCUT2D eigenvalue weighted by atomic mass is 10.2. The fourth-order valence-corrected chi connectivity index (χ4v) is 3.54. The minimum absolute atomic E-state index is 0.0174. The minimum Gasteiger partial charge on any atom is -0.494 e. The van der Waals surface area contributed by atoms with Crippen LogP contribution in [-0.2, 0) is 11.2 Å². The average Bonchev–Trinajstić information content (AvgIpc) is 2.67. The number of hydrogen-bond acceptors (Lipinski definition) is 5. The largest absolute Gasteiger partial charge is 0.494 e. The van der Waals surface area contributed by atoms with Gasteiger partial charge in [0, 0.05) is 25.5 Å². The highest BCUT2D eigenvalue weighted by molar-refractivity contribution is 5.88. The zero-order valence-electron chi connectivity index (χ0n) is 16.4. The molecule has 0 N–H and O–H groups in total. The molecule has 0 atom stereocenters. The van der Waals surface area contributed by atoms with Crippen molar-refractivity contribution in [1.82, 2.24) is 14.6 Å². The van der Waals surface area contributed by atoms with Gasteiger partial charge in [0.2, 0.25) is 5.91 Å². The summed E-state index contributed by atoms with van der Waals surface area (Å²) >= 11 is 0. The molecule has 1 aliphatic heterocycles. The lowest BCUT2D eigenvalue weighted by Crippen LogP contribution is -2.52. The van der Waals surface area contributed by atoms with Crippen LogP contribution in [-0.4, -0.2) is 53.3 Å². The Morgan fingerprint density at radius 3 is 2.63 bits per heavy atom. The Bertz CT molecular complexity index is 873. The fourth-order valence-electron chi connectivity index (χ4n) is 3.54. The number of fused-ring (bicyclic) bond motifs is 2. The van der Waals surface area contributed by atoms with Crippen LogP contribution in [0.4, 0.5) is 0 Å². The van der Waals surface area contributed by atoms with Crippen molar-refractivity contribution in [3.8, 4) is 5.75 Å². The van der Waals surface area contributed by atoms with Gasteiger partial charge < -0.3 is 9.64 Å². The molecular weight excluding hydrogens is 344 g/mol. The Hall–Kier alpha value is -2.41. The average molecular weight is 372 g/mol. The Morgan fingerprint density at radius 1 is 1.15 bits per heavy atom. The van der Waals surface area contributed by atoms with E-state index >= 15 is 0 Å². The number of ether oxygens (including phenoxy) is 1. The molecule has 0 fully saturated rings. The highest BCUT2D eigenvalue weighted by Gasteiger charge is 2.27. The van der Waals surface area contributed by atoms with Crippen molar-refractivity contribution in [2.45, 2.75) is 40.0 Å². The molecule has 0 bridgehead atoms. The third kappa shape index (κ3) is 3.98. The van der Waals surface area contributed by atoms with Gasteiger partial charge in [-0.25, -0.2) is 9.99 Å². The molecule has 1 aromatic heterocycles. The van der Waals surface area contributed by atoms with Crippen molar-refractivity contribution in [3.05, 3.63) is 34.4 Å². The lowest BCUT2D eigenvalue weighted by molar-refractivity contribution is -0.121. The maximum absolute atomic E-state index is 13.1. The highest BCUT2D eigenvalue weighted by Crippen LogP contribution is 2.19. The number of carbonyl (C=O) groups excluding carboxylic acids is 1. The van der Waals surface area contributed by atoms with Crippen molar-refractivity contribution in [1.29, 1.82) is 0 Å². The molecule has 0 saturated carbocycles. The molecule has 0 unspecified atom stereocenters. The van der Waals surface area contributed by atoms with Crippen LogP contribution in [0.1, 0.15) is 39.4 Å². The zero-order chi connectivity index (χ0) is 19.4. The van der Waals surface area contributed by atoms with E-state index in [2.05, 4.69) is 23.7 Å². The molecule has 0 spiro atoms. The Morgan fingerprint density at radius 2 is 1.93 bits per heavy atom. The van der Waals surface area contributed by atoms with Gasteiger partial charge in [-0.15, -0.1) is 0 Å². The van der Waals surface area contributed by atoms with Gasteiger partial charge in [0.15, 0.2) is 0 Å². The van der Waals surface area contributed by atoms with Crippen LogP contribution in [0.5, 0.6) is 5.75 Å². The van der Waals surface area contributed by atoms with E-state index < -0.39 is 0 Å². The number of hydrogen-bond donors (Lipinski definition) is 0. The Labute approximate surface area is 159 Å². The van der Waals surface area contributed by atoms with Gasteiger partial charge in [-0.2, -0.15) is 4.68 Å². The van der Waals surface area contributed by atoms with Gasteiger partial charge in [0.05, 0.1) is 17.5 Å². The summed E-state index contributed by atoms with van der Waals surface area (Å²) in [4.78, 5) is 32.6. The van der Waals surface area contributed by atoms with Gasteiger partial charge >= 0.3 is 0 Å². The van der Waals surface area contributed by atoms with E-state index in [4.69, 9.17) is 4.74 Å². The van der Waals surface area contributed by atoms with Crippen LogP contribution in [0.25, 0.3) is 10.9 Å². The monoisotopic (exact) mass is 372 g/mol. The predicted octanol–water partition coefficient (Wildman–Crippen LogP) is 1.94. The normalized spacial score (nSPS) is 14.1. The zero-order valence-corrected chi connectivity index (χ0v) is 16.4. The molecule has 27 heavy (non-hydrogen) atoms. The van der Waals surface area contributed by atoms with Crippen molar-refractivity contribution < 1.29 is 9.53 Å². The van der Waals surface area contributed by atoms with E-state index in [0.29, 0.717) is 48.5 Å². The third-order valence-electron chi connectivity index (χ3n) is 5.03. The van der Waals surface area contributed by atoms with Gasteiger partial charge in [0.1, 0.15) is 11.6 Å². The molecule has 1 amide bonds. The highest BCUT2D eigenvalue weighted by atomic mass is 16.5. The van der Waals surface area contributed by atoms with Crippen molar-refractivity contribution in [2.24, 2.45) is 0 Å². The van der Waals surface area contributed by atoms with Crippen molar-refractivity contribution in [3.63, 3.8) is 0 Å². The predicted molar refractivity (Wildman–Crippen MR) is 106 cm³/mol. The molecule has 3 rings (SSSR count). The van der Waals surface area contributed by atoms with E-state index in [0.717, 1.165) is 26.1 Å². The van der Waals surface area contributed by atoms with E-state index in [-0.39, 0.29) is 11.5 Å². The van der Waals surface area contributed by atoms with Crippen LogP contribution < -0.4 is 15.3 Å². The smallest absolute Gasteiger partial charge is 0.280 e. The van der Waals surface area contributed by atoms with Gasteiger partial charge in [-0.05, 0) is 45.1 Å². The number of carbonyl (C=O) groups is 1. The molecule has 146 valence electrons. The van der Waals surface area contributed by atoms with Crippen molar-refractivity contribution in [2.75, 3.05) is 37.8 Å². The topological polar surface area (TPSA) is 67.7 Å². The molecular formula is C20H28N4O3. The van der Waals surface area contributed by atoms with Crippen LogP contribution in [0.15, 0.2) is 23.0 Å². The summed E-state index contributed by atoms with van der Waals surface area (Å²) in [7, 11) is 0. The lowest BCUT2D eigenvalue weighted by Gasteiger charge is -2.31. The number of amides is 1. The molecule has 2 aromatic rings. The maximum Gasteiger partial charge on any atom is 0.280 e. The van der Waals surface area contributed by atoms with E-state index in [1.54, 1.807) is 23.2 Å². The second-order valence-corrected chi connectivity index (χ2v) is 6.65. The summed E-state index contributed by atoms with van der Waals surface area (Å²) in [6, 6.07) is 5.30. The van der Waals surface area contributed by atoms with E-state index in [1.165, 1.54) is 4.68 Å². The summed E-state index contributed by atoms with van der Waals surface area (Å²) < 4.78 is 7.00. The van der Waals surface area contributed by atoms with Gasteiger partial charge in [-0.3, -0.25) is 9.59 Å². The molecule has 1 aromatic carbocycles. The summed E-state index contributed by atoms with van der Waals surface area (Å²) in [5, 5.41) is 2.08. The van der Waals surface area contributed by atoms with Crippen molar-refractivity contribution >= 4 is 16.8 Å². The van der Waals surface area contributed by atoms with Gasteiger partial charge in [0.25, 0.3) is 5.56 Å². The maximum atomic E-state index is 13.1. The second kappa shape index (κ2) is 8.52. The number of rotatable bonds is 8. The van der Waals surface area contributed by atoms with Crippen LogP contribution >= 0.6 is 0 Å². The quantitative estimate of drug-likeness (QED) is 0.708. The van der Waals surface area contributed by atoms with Crippen LogP contribution in [0, 0.1) is 0 Å². The molecule has 1 aliphatic rings. The minimum atomic E-state index is -0.186. The number of aromatic nitrogens is 2. The molecule has 7 nitrogen and oxygen atoms in total.